The fourth-order valence-corrected chi connectivity index (χ4v) is 3.83. The minimum Gasteiger partial charge on any atom is -0.423 e. The van der Waals surface area contributed by atoms with Gasteiger partial charge in [0.05, 0.1) is 6.54 Å². The van der Waals surface area contributed by atoms with Gasteiger partial charge in [-0.3, -0.25) is 4.98 Å². The SMILES string of the molecule is c1cncc(Cn2ccnc2C2CCN(c3nc4ccccc4o3)CC2)c1. The second-order valence-corrected chi connectivity index (χ2v) is 7.00. The molecule has 0 aliphatic carbocycles. The first-order valence-electron chi connectivity index (χ1n) is 9.37. The van der Waals surface area contributed by atoms with Crippen molar-refractivity contribution in [3.05, 3.63) is 72.6 Å². The topological polar surface area (TPSA) is 60.0 Å². The molecule has 1 aromatic carbocycles. The van der Waals surface area contributed by atoms with Crippen LogP contribution in [-0.4, -0.2) is 32.6 Å². The molecule has 6 nitrogen and oxygen atoms in total. The molecule has 3 aromatic heterocycles. The Labute approximate surface area is 157 Å². The molecule has 27 heavy (non-hydrogen) atoms. The minimum atomic E-state index is 0.456. The number of benzene rings is 1. The Balaban J connectivity index is 1.29. The highest BCUT2D eigenvalue weighted by atomic mass is 16.4. The average molecular weight is 359 g/mol. The van der Waals surface area contributed by atoms with E-state index in [1.165, 1.54) is 5.56 Å². The maximum absolute atomic E-state index is 5.92. The summed E-state index contributed by atoms with van der Waals surface area (Å²) in [5.41, 5.74) is 2.96. The van der Waals surface area contributed by atoms with Crippen LogP contribution in [0.5, 0.6) is 0 Å². The molecule has 1 saturated heterocycles. The summed E-state index contributed by atoms with van der Waals surface area (Å²) in [6, 6.07) is 12.7. The van der Waals surface area contributed by atoms with Crippen LogP contribution in [0.4, 0.5) is 6.01 Å². The summed E-state index contributed by atoms with van der Waals surface area (Å²) in [6.45, 7) is 2.67. The lowest BCUT2D eigenvalue weighted by Crippen LogP contribution is -2.33. The molecule has 1 aliphatic rings. The van der Waals surface area contributed by atoms with Crippen molar-refractivity contribution in [1.82, 2.24) is 19.5 Å². The van der Waals surface area contributed by atoms with Gasteiger partial charge in [0, 0.05) is 43.8 Å². The molecule has 4 aromatic rings. The molecule has 1 aliphatic heterocycles. The van der Waals surface area contributed by atoms with Gasteiger partial charge in [0.1, 0.15) is 11.3 Å². The zero-order chi connectivity index (χ0) is 18.1. The van der Waals surface area contributed by atoms with E-state index in [-0.39, 0.29) is 0 Å². The fraction of sp³-hybridized carbons (Fsp3) is 0.286. The van der Waals surface area contributed by atoms with Crippen molar-refractivity contribution in [2.45, 2.75) is 25.3 Å². The lowest BCUT2D eigenvalue weighted by atomic mass is 9.96. The van der Waals surface area contributed by atoms with E-state index in [9.17, 15) is 0 Å². The number of anilines is 1. The predicted octanol–water partition coefficient (Wildman–Crippen LogP) is 3.85. The molecule has 0 atom stereocenters. The number of para-hydroxylation sites is 2. The molecule has 0 bridgehead atoms. The molecule has 136 valence electrons. The van der Waals surface area contributed by atoms with E-state index < -0.39 is 0 Å². The van der Waals surface area contributed by atoms with E-state index in [2.05, 4.69) is 36.7 Å². The highest BCUT2D eigenvalue weighted by Gasteiger charge is 2.26. The number of aromatic nitrogens is 4. The van der Waals surface area contributed by atoms with Gasteiger partial charge < -0.3 is 13.9 Å². The summed E-state index contributed by atoms with van der Waals surface area (Å²) in [7, 11) is 0. The number of fused-ring (bicyclic) bond motifs is 1. The molecule has 0 saturated carbocycles. The highest BCUT2D eigenvalue weighted by Crippen LogP contribution is 2.31. The van der Waals surface area contributed by atoms with Gasteiger partial charge in [0.2, 0.25) is 0 Å². The van der Waals surface area contributed by atoms with Crippen LogP contribution in [0.3, 0.4) is 0 Å². The van der Waals surface area contributed by atoms with E-state index in [4.69, 9.17) is 4.42 Å². The normalized spacial score (nSPS) is 15.5. The second kappa shape index (κ2) is 6.87. The third-order valence-corrected chi connectivity index (χ3v) is 5.24. The predicted molar refractivity (Wildman–Crippen MR) is 104 cm³/mol. The van der Waals surface area contributed by atoms with Crippen LogP contribution in [0, 0.1) is 0 Å². The molecular formula is C21H21N5O. The maximum Gasteiger partial charge on any atom is 0.298 e. The molecule has 0 unspecified atom stereocenters. The Hall–Kier alpha value is -3.15. The van der Waals surface area contributed by atoms with Gasteiger partial charge in [-0.15, -0.1) is 0 Å². The molecule has 1 fully saturated rings. The summed E-state index contributed by atoms with van der Waals surface area (Å²) in [4.78, 5) is 15.7. The Kier molecular flexibility index (Phi) is 4.08. The van der Waals surface area contributed by atoms with Crippen molar-refractivity contribution in [2.24, 2.45) is 0 Å². The quantitative estimate of drug-likeness (QED) is 0.554. The van der Waals surface area contributed by atoms with E-state index in [0.717, 1.165) is 55.4 Å². The second-order valence-electron chi connectivity index (χ2n) is 7.00. The molecule has 0 N–H and O–H groups in total. The van der Waals surface area contributed by atoms with Crippen LogP contribution in [-0.2, 0) is 6.54 Å². The lowest BCUT2D eigenvalue weighted by Gasteiger charge is -2.30. The Morgan fingerprint density at radius 3 is 2.74 bits per heavy atom. The Bertz CT molecular complexity index is 998. The summed E-state index contributed by atoms with van der Waals surface area (Å²) in [6.07, 6.45) is 9.78. The number of pyridine rings is 1. The van der Waals surface area contributed by atoms with Crippen molar-refractivity contribution in [3.63, 3.8) is 0 Å². The van der Waals surface area contributed by atoms with Crippen LogP contribution in [0.25, 0.3) is 11.1 Å². The fourth-order valence-electron chi connectivity index (χ4n) is 3.83. The van der Waals surface area contributed by atoms with Crippen LogP contribution >= 0.6 is 0 Å². The number of oxazole rings is 1. The largest absolute Gasteiger partial charge is 0.423 e. The van der Waals surface area contributed by atoms with E-state index in [1.54, 1.807) is 6.20 Å². The monoisotopic (exact) mass is 359 g/mol. The Morgan fingerprint density at radius 2 is 1.93 bits per heavy atom. The van der Waals surface area contributed by atoms with E-state index >= 15 is 0 Å². The standard InChI is InChI=1S/C21H21N5O/c1-2-6-19-18(5-1)24-21(27-19)25-11-7-17(8-12-25)20-23-10-13-26(20)15-16-4-3-9-22-14-16/h1-6,9-10,13-14,17H,7-8,11-12,15H2. The van der Waals surface area contributed by atoms with Crippen molar-refractivity contribution < 1.29 is 4.42 Å². The summed E-state index contributed by atoms with van der Waals surface area (Å²) in [5, 5.41) is 0. The zero-order valence-corrected chi connectivity index (χ0v) is 15.0. The summed E-state index contributed by atoms with van der Waals surface area (Å²) in [5.74, 6) is 1.62. The molecule has 4 heterocycles. The number of nitrogens with zero attached hydrogens (tertiary/aromatic N) is 5. The summed E-state index contributed by atoms with van der Waals surface area (Å²) < 4.78 is 8.17. The van der Waals surface area contributed by atoms with Crippen LogP contribution in [0.2, 0.25) is 0 Å². The number of hydrogen-bond donors (Lipinski definition) is 0. The minimum absolute atomic E-state index is 0.456. The molecule has 0 spiro atoms. The molecule has 0 amide bonds. The average Bonchev–Trinajstić information content (AvgIpc) is 3.36. The third kappa shape index (κ3) is 3.18. The first-order chi connectivity index (χ1) is 13.4. The molecular weight excluding hydrogens is 338 g/mol. The van der Waals surface area contributed by atoms with Crippen molar-refractivity contribution in [3.8, 4) is 0 Å². The maximum atomic E-state index is 5.92. The first-order valence-corrected chi connectivity index (χ1v) is 9.37. The van der Waals surface area contributed by atoms with Gasteiger partial charge in [-0.1, -0.05) is 18.2 Å². The van der Waals surface area contributed by atoms with Crippen LogP contribution in [0.1, 0.15) is 30.1 Å². The number of imidazole rings is 1. The van der Waals surface area contributed by atoms with E-state index in [1.807, 2.05) is 42.7 Å². The zero-order valence-electron chi connectivity index (χ0n) is 15.0. The Morgan fingerprint density at radius 1 is 1.04 bits per heavy atom. The van der Waals surface area contributed by atoms with Crippen LogP contribution < -0.4 is 4.90 Å². The van der Waals surface area contributed by atoms with Gasteiger partial charge in [0.25, 0.3) is 6.01 Å². The van der Waals surface area contributed by atoms with E-state index in [0.29, 0.717) is 5.92 Å². The molecule has 6 heteroatoms. The summed E-state index contributed by atoms with van der Waals surface area (Å²) >= 11 is 0. The number of hydrogen-bond acceptors (Lipinski definition) is 5. The van der Waals surface area contributed by atoms with Gasteiger partial charge in [-0.2, -0.15) is 4.98 Å². The number of rotatable bonds is 4. The first kappa shape index (κ1) is 16.1. The lowest BCUT2D eigenvalue weighted by molar-refractivity contribution is 0.445. The van der Waals surface area contributed by atoms with Gasteiger partial charge in [-0.05, 0) is 36.6 Å². The van der Waals surface area contributed by atoms with Crippen molar-refractivity contribution in [1.29, 1.82) is 0 Å². The third-order valence-electron chi connectivity index (χ3n) is 5.24. The van der Waals surface area contributed by atoms with Crippen molar-refractivity contribution in [2.75, 3.05) is 18.0 Å². The van der Waals surface area contributed by atoms with Gasteiger partial charge in [-0.25, -0.2) is 4.98 Å². The molecule has 0 radical (unpaired) electrons. The van der Waals surface area contributed by atoms with Crippen LogP contribution in [0.15, 0.2) is 65.6 Å². The van der Waals surface area contributed by atoms with Gasteiger partial charge in [0.15, 0.2) is 5.58 Å². The highest BCUT2D eigenvalue weighted by molar-refractivity contribution is 5.74. The van der Waals surface area contributed by atoms with Crippen molar-refractivity contribution >= 4 is 17.1 Å². The smallest absolute Gasteiger partial charge is 0.298 e. The molecule has 5 rings (SSSR count). The van der Waals surface area contributed by atoms with Gasteiger partial charge >= 0.3 is 0 Å². The number of piperidine rings is 1.